The average Bonchev–Trinajstić information content (AvgIpc) is 2.56. The fraction of sp³-hybridized carbons (Fsp3) is 0.0909. The highest BCUT2D eigenvalue weighted by Gasteiger charge is 2.18. The van der Waals surface area contributed by atoms with Crippen molar-refractivity contribution in [3.63, 3.8) is 0 Å². The number of nitrogens with one attached hydrogen (secondary N) is 2. The lowest BCUT2D eigenvalue weighted by Crippen LogP contribution is -2.15. The number of anilines is 1. The minimum Gasteiger partial charge on any atom is -0.310 e. The number of hydrogen-bond acceptors (Lipinski definition) is 2. The second-order valence-electron chi connectivity index (χ2n) is 3.84. The second kappa shape index (κ2) is 5.81. The van der Waals surface area contributed by atoms with E-state index in [9.17, 15) is 9.59 Å². The molecule has 20 heavy (non-hydrogen) atoms. The molecule has 0 bridgehead atoms. The van der Waals surface area contributed by atoms with Crippen LogP contribution >= 0.6 is 50.7 Å². The molecular formula is C11H7BrCl3N3O2. The molecule has 1 heterocycles. The van der Waals surface area contributed by atoms with Crippen molar-refractivity contribution in [3.05, 3.63) is 42.0 Å². The Bertz CT molecular complexity index is 731. The van der Waals surface area contributed by atoms with Crippen molar-refractivity contribution < 1.29 is 4.79 Å². The predicted molar refractivity (Wildman–Crippen MR) is 83.4 cm³/mol. The summed E-state index contributed by atoms with van der Waals surface area (Å²) in [5, 5.41) is 5.95. The maximum Gasteiger partial charge on any atom is 0.287 e. The standard InChI is InChI=1S/C11H7BrCl3N3O2/c1-4(19)16-10-8(12)11(20)18(17-10)9-6(14)2-5(13)3-7(9)15/h2-3,17H,1H3,(H,16,19). The lowest BCUT2D eigenvalue weighted by molar-refractivity contribution is -0.114. The molecular weight excluding hydrogens is 392 g/mol. The van der Waals surface area contributed by atoms with E-state index in [-0.39, 0.29) is 31.9 Å². The number of halogens is 4. The molecule has 0 aliphatic heterocycles. The first-order valence-electron chi connectivity index (χ1n) is 5.24. The van der Waals surface area contributed by atoms with Gasteiger partial charge in [0, 0.05) is 11.9 Å². The van der Waals surface area contributed by atoms with Gasteiger partial charge in [0.2, 0.25) is 5.91 Å². The average molecular weight is 399 g/mol. The maximum absolute atomic E-state index is 12.1. The first-order chi connectivity index (χ1) is 9.31. The molecule has 0 aliphatic rings. The molecule has 1 aromatic heterocycles. The molecule has 2 N–H and O–H groups in total. The molecule has 106 valence electrons. The van der Waals surface area contributed by atoms with E-state index in [1.54, 1.807) is 0 Å². The van der Waals surface area contributed by atoms with Crippen molar-refractivity contribution in [1.29, 1.82) is 0 Å². The zero-order valence-electron chi connectivity index (χ0n) is 9.93. The summed E-state index contributed by atoms with van der Waals surface area (Å²) in [5.41, 5.74) is -0.195. The van der Waals surface area contributed by atoms with Gasteiger partial charge in [0.1, 0.15) is 16.0 Å². The fourth-order valence-corrected chi connectivity index (χ4v) is 2.93. The summed E-state index contributed by atoms with van der Waals surface area (Å²) in [6.45, 7) is 1.32. The van der Waals surface area contributed by atoms with Crippen molar-refractivity contribution >= 4 is 62.5 Å². The molecule has 0 spiro atoms. The van der Waals surface area contributed by atoms with E-state index in [2.05, 4.69) is 26.3 Å². The van der Waals surface area contributed by atoms with E-state index in [0.717, 1.165) is 4.68 Å². The minimum absolute atomic E-state index is 0.162. The van der Waals surface area contributed by atoms with Crippen LogP contribution in [0.2, 0.25) is 15.1 Å². The molecule has 2 rings (SSSR count). The summed E-state index contributed by atoms with van der Waals surface area (Å²) in [5.74, 6) is -0.114. The largest absolute Gasteiger partial charge is 0.310 e. The van der Waals surface area contributed by atoms with Gasteiger partial charge in [0.25, 0.3) is 5.56 Å². The summed E-state index contributed by atoms with van der Waals surface area (Å²) >= 11 is 21.0. The number of carbonyl (C=O) groups is 1. The third-order valence-corrected chi connectivity index (χ3v) is 3.87. The van der Waals surface area contributed by atoms with Gasteiger partial charge in [-0.15, -0.1) is 0 Å². The van der Waals surface area contributed by atoms with Gasteiger partial charge in [0.05, 0.1) is 10.0 Å². The topological polar surface area (TPSA) is 66.9 Å². The van der Waals surface area contributed by atoms with Crippen molar-refractivity contribution in [2.45, 2.75) is 6.92 Å². The smallest absolute Gasteiger partial charge is 0.287 e. The van der Waals surface area contributed by atoms with Crippen LogP contribution < -0.4 is 10.9 Å². The minimum atomic E-state index is -0.445. The van der Waals surface area contributed by atoms with E-state index in [1.165, 1.54) is 19.1 Å². The Balaban J connectivity index is 2.66. The summed E-state index contributed by atoms with van der Waals surface area (Å²) in [6, 6.07) is 2.92. The number of benzene rings is 1. The molecule has 0 fully saturated rings. The quantitative estimate of drug-likeness (QED) is 0.806. The zero-order chi connectivity index (χ0) is 15.0. The van der Waals surface area contributed by atoms with Crippen LogP contribution in [0.5, 0.6) is 0 Å². The summed E-state index contributed by atoms with van der Waals surface area (Å²) in [6.07, 6.45) is 0. The van der Waals surface area contributed by atoms with Gasteiger partial charge >= 0.3 is 0 Å². The molecule has 5 nitrogen and oxygen atoms in total. The highest BCUT2D eigenvalue weighted by Crippen LogP contribution is 2.32. The lowest BCUT2D eigenvalue weighted by atomic mass is 10.3. The Morgan fingerprint density at radius 2 is 1.85 bits per heavy atom. The van der Waals surface area contributed by atoms with Crippen LogP contribution in [0.3, 0.4) is 0 Å². The summed E-state index contributed by atoms with van der Waals surface area (Å²) < 4.78 is 1.28. The zero-order valence-corrected chi connectivity index (χ0v) is 13.8. The van der Waals surface area contributed by atoms with Crippen LogP contribution in [-0.4, -0.2) is 15.7 Å². The van der Waals surface area contributed by atoms with Crippen LogP contribution in [0.15, 0.2) is 21.4 Å². The molecule has 1 amide bonds. The van der Waals surface area contributed by atoms with E-state index in [1.807, 2.05) is 0 Å². The molecule has 1 aromatic carbocycles. The molecule has 0 aliphatic carbocycles. The number of aromatic amines is 1. The Labute approximate surface area is 136 Å². The summed E-state index contributed by atoms with van der Waals surface area (Å²) in [7, 11) is 0. The van der Waals surface area contributed by atoms with Crippen LogP contribution in [0.25, 0.3) is 5.69 Å². The van der Waals surface area contributed by atoms with E-state index >= 15 is 0 Å². The van der Waals surface area contributed by atoms with Gasteiger partial charge in [-0.25, -0.2) is 4.68 Å². The van der Waals surface area contributed by atoms with Gasteiger partial charge in [-0.3, -0.25) is 14.7 Å². The van der Waals surface area contributed by atoms with Crippen molar-refractivity contribution in [1.82, 2.24) is 9.78 Å². The maximum atomic E-state index is 12.1. The van der Waals surface area contributed by atoms with Crippen molar-refractivity contribution in [2.75, 3.05) is 5.32 Å². The molecule has 2 aromatic rings. The molecule has 0 atom stereocenters. The van der Waals surface area contributed by atoms with Crippen molar-refractivity contribution in [3.8, 4) is 5.69 Å². The Morgan fingerprint density at radius 1 is 1.30 bits per heavy atom. The Morgan fingerprint density at radius 3 is 2.35 bits per heavy atom. The highest BCUT2D eigenvalue weighted by molar-refractivity contribution is 9.10. The van der Waals surface area contributed by atoms with E-state index < -0.39 is 5.56 Å². The monoisotopic (exact) mass is 397 g/mol. The second-order valence-corrected chi connectivity index (χ2v) is 5.88. The molecule has 9 heteroatoms. The van der Waals surface area contributed by atoms with E-state index in [0.29, 0.717) is 5.02 Å². The Kier molecular flexibility index (Phi) is 4.49. The number of amides is 1. The molecule has 0 radical (unpaired) electrons. The third-order valence-electron chi connectivity index (χ3n) is 2.34. The first-order valence-corrected chi connectivity index (χ1v) is 7.17. The lowest BCUT2D eigenvalue weighted by Gasteiger charge is -2.08. The number of H-pyrrole nitrogens is 1. The Hall–Kier alpha value is -0.950. The molecule has 0 saturated heterocycles. The summed E-state index contributed by atoms with van der Waals surface area (Å²) in [4.78, 5) is 23.2. The van der Waals surface area contributed by atoms with Gasteiger partial charge in [-0.1, -0.05) is 34.8 Å². The number of nitrogens with zero attached hydrogens (tertiary/aromatic N) is 1. The normalized spacial score (nSPS) is 10.7. The van der Waals surface area contributed by atoms with Gasteiger partial charge < -0.3 is 5.32 Å². The SMILES string of the molecule is CC(=O)Nc1[nH]n(-c2c(Cl)cc(Cl)cc2Cl)c(=O)c1Br. The van der Waals surface area contributed by atoms with Crippen LogP contribution in [-0.2, 0) is 4.79 Å². The predicted octanol–water partition coefficient (Wildman–Crippen LogP) is 3.85. The van der Waals surface area contributed by atoms with Crippen LogP contribution in [0.4, 0.5) is 5.82 Å². The molecule has 0 saturated carbocycles. The van der Waals surface area contributed by atoms with Crippen LogP contribution in [0, 0.1) is 0 Å². The first kappa shape index (κ1) is 15.4. The number of aromatic nitrogens is 2. The number of carbonyl (C=O) groups excluding carboxylic acids is 1. The van der Waals surface area contributed by atoms with Crippen molar-refractivity contribution in [2.24, 2.45) is 0 Å². The molecule has 0 unspecified atom stereocenters. The van der Waals surface area contributed by atoms with E-state index in [4.69, 9.17) is 34.8 Å². The van der Waals surface area contributed by atoms with Gasteiger partial charge in [-0.05, 0) is 28.1 Å². The van der Waals surface area contributed by atoms with Gasteiger partial charge in [-0.2, -0.15) is 0 Å². The number of hydrogen-bond donors (Lipinski definition) is 2. The van der Waals surface area contributed by atoms with Gasteiger partial charge in [0.15, 0.2) is 0 Å². The third kappa shape index (κ3) is 2.88. The van der Waals surface area contributed by atoms with Crippen LogP contribution in [0.1, 0.15) is 6.92 Å². The highest BCUT2D eigenvalue weighted by atomic mass is 79.9. The fourth-order valence-electron chi connectivity index (χ4n) is 1.58. The number of rotatable bonds is 2.